The van der Waals surface area contributed by atoms with Gasteiger partial charge in [0, 0.05) is 33.3 Å². The first-order valence-corrected chi connectivity index (χ1v) is 19.2. The number of hydrogen-bond donors (Lipinski definition) is 0. The van der Waals surface area contributed by atoms with E-state index in [2.05, 4.69) is 193 Å². The molecule has 0 N–H and O–H groups in total. The maximum Gasteiger partial charge on any atom is 0.159 e. The Morgan fingerprint density at radius 2 is 1.05 bits per heavy atom. The molecule has 3 nitrogen and oxygen atoms in total. The summed E-state index contributed by atoms with van der Waals surface area (Å²) in [5.41, 5.74) is 14.1. The van der Waals surface area contributed by atoms with Crippen LogP contribution in [0.15, 0.2) is 205 Å². The van der Waals surface area contributed by atoms with Crippen molar-refractivity contribution in [3.05, 3.63) is 222 Å². The van der Waals surface area contributed by atoms with Gasteiger partial charge >= 0.3 is 0 Å². The summed E-state index contributed by atoms with van der Waals surface area (Å²) < 4.78 is 13.3. The number of para-hydroxylation sites is 4. The van der Waals surface area contributed by atoms with Crippen LogP contribution in [0.3, 0.4) is 0 Å². The highest BCUT2D eigenvalue weighted by Crippen LogP contribution is 2.63. The average Bonchev–Trinajstić information content (AvgIpc) is 3.79. The SMILES string of the molecule is c1ccc(N(c2ccc(-c3cccc4c3-c3ccccc3C43c4ccccc4Oc4cc5ccccc5cc43)cc2)c2cccc3c2oc2ccccc23)cc1. The van der Waals surface area contributed by atoms with Crippen LogP contribution in [-0.2, 0) is 5.41 Å². The summed E-state index contributed by atoms with van der Waals surface area (Å²) in [6.07, 6.45) is 0. The van der Waals surface area contributed by atoms with E-state index >= 15 is 0 Å². The Morgan fingerprint density at radius 1 is 0.411 bits per heavy atom. The summed E-state index contributed by atoms with van der Waals surface area (Å²) in [5, 5.41) is 4.59. The van der Waals surface area contributed by atoms with E-state index in [1.54, 1.807) is 0 Å². The molecule has 1 unspecified atom stereocenters. The van der Waals surface area contributed by atoms with E-state index in [0.717, 1.165) is 56.1 Å². The minimum atomic E-state index is -0.550. The van der Waals surface area contributed by atoms with Gasteiger partial charge in [0.1, 0.15) is 17.1 Å². The van der Waals surface area contributed by atoms with Gasteiger partial charge in [0.2, 0.25) is 0 Å². The molecule has 0 amide bonds. The standard InChI is InChI=1S/C53H33NO2/c1-2-16-37(17-3-1)54(47-25-13-21-41-40-18-7-10-26-48(40)56-52(41)47)38-30-28-34(29-31-38)39-20-12-24-45-51(39)42-19-6-8-22-43(42)53(45)44-23-9-11-27-49(44)55-50-33-36-15-5-4-14-35(36)32-46(50)53/h1-33H. The van der Waals surface area contributed by atoms with E-state index in [0.29, 0.717) is 0 Å². The molecule has 0 radical (unpaired) electrons. The molecule has 1 aromatic heterocycles. The Labute approximate surface area is 324 Å². The van der Waals surface area contributed by atoms with E-state index in [1.165, 1.54) is 49.7 Å². The number of nitrogens with zero attached hydrogens (tertiary/aromatic N) is 1. The molecular formula is C53H33NO2. The van der Waals surface area contributed by atoms with Gasteiger partial charge in [-0.1, -0.05) is 146 Å². The Kier molecular flexibility index (Phi) is 6.55. The number of furan rings is 1. The maximum absolute atomic E-state index is 6.76. The van der Waals surface area contributed by atoms with Crippen LogP contribution >= 0.6 is 0 Å². The second-order valence-corrected chi connectivity index (χ2v) is 14.8. The van der Waals surface area contributed by atoms with Crippen molar-refractivity contribution in [2.75, 3.05) is 4.90 Å². The number of ether oxygens (including phenoxy) is 1. The summed E-state index contributed by atoms with van der Waals surface area (Å²) in [6, 6.07) is 71.8. The molecule has 0 saturated heterocycles. The van der Waals surface area contributed by atoms with Crippen molar-refractivity contribution >= 4 is 49.8 Å². The van der Waals surface area contributed by atoms with Crippen LogP contribution in [0.5, 0.6) is 11.5 Å². The lowest BCUT2D eigenvalue weighted by Gasteiger charge is -2.39. The van der Waals surface area contributed by atoms with E-state index < -0.39 is 5.41 Å². The zero-order valence-corrected chi connectivity index (χ0v) is 30.3. The van der Waals surface area contributed by atoms with E-state index in [9.17, 15) is 0 Å². The first-order chi connectivity index (χ1) is 27.8. The Balaban J connectivity index is 1.06. The zero-order chi connectivity index (χ0) is 36.8. The topological polar surface area (TPSA) is 25.6 Å². The number of rotatable bonds is 4. The number of anilines is 3. The smallest absolute Gasteiger partial charge is 0.159 e. The van der Waals surface area contributed by atoms with Crippen molar-refractivity contribution in [1.82, 2.24) is 0 Å². The first-order valence-electron chi connectivity index (χ1n) is 19.2. The van der Waals surface area contributed by atoms with E-state index in [-0.39, 0.29) is 0 Å². The normalized spacial score (nSPS) is 15.0. The molecule has 0 fully saturated rings. The first kappa shape index (κ1) is 31.0. The van der Waals surface area contributed by atoms with Gasteiger partial charge in [-0.05, 0) is 98.8 Å². The molecule has 10 aromatic rings. The summed E-state index contributed by atoms with van der Waals surface area (Å²) in [7, 11) is 0. The van der Waals surface area contributed by atoms with Gasteiger partial charge in [0.15, 0.2) is 5.58 Å². The zero-order valence-electron chi connectivity index (χ0n) is 30.3. The highest BCUT2D eigenvalue weighted by Gasteiger charge is 2.51. The third-order valence-electron chi connectivity index (χ3n) is 11.9. The van der Waals surface area contributed by atoms with Crippen LogP contribution in [0.2, 0.25) is 0 Å². The molecule has 2 aliphatic rings. The van der Waals surface area contributed by atoms with Gasteiger partial charge in [-0.25, -0.2) is 0 Å². The number of fused-ring (bicyclic) bond motifs is 13. The molecule has 9 aromatic carbocycles. The fourth-order valence-electron chi connectivity index (χ4n) is 9.58. The van der Waals surface area contributed by atoms with Crippen LogP contribution in [0.1, 0.15) is 22.3 Å². The summed E-state index contributed by atoms with van der Waals surface area (Å²) in [6.45, 7) is 0. The molecule has 2 heterocycles. The fourth-order valence-corrected chi connectivity index (χ4v) is 9.58. The molecule has 1 spiro atoms. The average molecular weight is 716 g/mol. The molecule has 0 bridgehead atoms. The quantitative estimate of drug-likeness (QED) is 0.181. The molecule has 56 heavy (non-hydrogen) atoms. The highest BCUT2D eigenvalue weighted by atomic mass is 16.5. The second-order valence-electron chi connectivity index (χ2n) is 14.8. The third kappa shape index (κ3) is 4.28. The second kappa shape index (κ2) is 11.8. The predicted molar refractivity (Wildman–Crippen MR) is 229 cm³/mol. The Bertz CT molecular complexity index is 3180. The Morgan fingerprint density at radius 3 is 1.93 bits per heavy atom. The number of hydrogen-bond acceptors (Lipinski definition) is 3. The molecular weight excluding hydrogens is 683 g/mol. The van der Waals surface area contributed by atoms with Gasteiger partial charge in [0.05, 0.1) is 11.1 Å². The largest absolute Gasteiger partial charge is 0.457 e. The van der Waals surface area contributed by atoms with E-state index in [4.69, 9.17) is 9.15 Å². The Hall–Kier alpha value is -7.36. The van der Waals surface area contributed by atoms with Crippen molar-refractivity contribution in [2.24, 2.45) is 0 Å². The summed E-state index contributed by atoms with van der Waals surface area (Å²) >= 11 is 0. The number of benzene rings is 9. The van der Waals surface area contributed by atoms with Crippen molar-refractivity contribution < 1.29 is 9.15 Å². The van der Waals surface area contributed by atoms with Crippen molar-refractivity contribution in [3.63, 3.8) is 0 Å². The fraction of sp³-hybridized carbons (Fsp3) is 0.0189. The lowest BCUT2D eigenvalue weighted by Crippen LogP contribution is -2.32. The van der Waals surface area contributed by atoms with Crippen molar-refractivity contribution in [3.8, 4) is 33.8 Å². The molecule has 262 valence electrons. The minimum Gasteiger partial charge on any atom is -0.457 e. The van der Waals surface area contributed by atoms with Gasteiger partial charge < -0.3 is 14.1 Å². The molecule has 0 saturated carbocycles. The van der Waals surface area contributed by atoms with Crippen LogP contribution in [0, 0.1) is 0 Å². The summed E-state index contributed by atoms with van der Waals surface area (Å²) in [4.78, 5) is 2.30. The molecule has 1 aliphatic heterocycles. The predicted octanol–water partition coefficient (Wildman–Crippen LogP) is 14.3. The molecule has 12 rings (SSSR count). The minimum absolute atomic E-state index is 0.550. The lowest BCUT2D eigenvalue weighted by molar-refractivity contribution is 0.437. The van der Waals surface area contributed by atoms with Gasteiger partial charge in [-0.3, -0.25) is 0 Å². The van der Waals surface area contributed by atoms with Crippen LogP contribution < -0.4 is 9.64 Å². The molecule has 1 aliphatic carbocycles. The van der Waals surface area contributed by atoms with Crippen molar-refractivity contribution in [1.29, 1.82) is 0 Å². The molecule has 1 atom stereocenters. The van der Waals surface area contributed by atoms with Gasteiger partial charge in [0.25, 0.3) is 0 Å². The summed E-state index contributed by atoms with van der Waals surface area (Å²) in [5.74, 6) is 1.80. The van der Waals surface area contributed by atoms with Crippen molar-refractivity contribution in [2.45, 2.75) is 5.41 Å². The monoisotopic (exact) mass is 715 g/mol. The van der Waals surface area contributed by atoms with Gasteiger partial charge in [-0.15, -0.1) is 0 Å². The molecule has 3 heteroatoms. The van der Waals surface area contributed by atoms with Crippen LogP contribution in [-0.4, -0.2) is 0 Å². The third-order valence-corrected chi connectivity index (χ3v) is 11.9. The van der Waals surface area contributed by atoms with Crippen LogP contribution in [0.25, 0.3) is 55.0 Å². The lowest BCUT2D eigenvalue weighted by atomic mass is 9.65. The van der Waals surface area contributed by atoms with E-state index in [1.807, 2.05) is 12.1 Å². The highest BCUT2D eigenvalue weighted by molar-refractivity contribution is 6.10. The van der Waals surface area contributed by atoms with Gasteiger partial charge in [-0.2, -0.15) is 0 Å². The van der Waals surface area contributed by atoms with Crippen LogP contribution in [0.4, 0.5) is 17.1 Å². The maximum atomic E-state index is 6.76.